The van der Waals surface area contributed by atoms with Crippen LogP contribution in [0.2, 0.25) is 5.02 Å². The second kappa shape index (κ2) is 12.9. The second-order valence-electron chi connectivity index (χ2n) is 10.9. The van der Waals surface area contributed by atoms with Crippen molar-refractivity contribution in [1.29, 1.82) is 0 Å². The summed E-state index contributed by atoms with van der Waals surface area (Å²) in [4.78, 5) is 44.5. The van der Waals surface area contributed by atoms with Crippen LogP contribution < -0.4 is 10.6 Å². The van der Waals surface area contributed by atoms with Gasteiger partial charge in [0, 0.05) is 41.5 Å². The van der Waals surface area contributed by atoms with E-state index in [-0.39, 0.29) is 24.4 Å². The average molecular weight is 645 g/mol. The molecule has 2 aliphatic rings. The number of methoxy groups -OCH3 is 1. The Bertz CT molecular complexity index is 1690. The summed E-state index contributed by atoms with van der Waals surface area (Å²) in [6, 6.07) is 9.52. The minimum absolute atomic E-state index is 0.0136. The Hall–Kier alpha value is -4.45. The van der Waals surface area contributed by atoms with Crippen molar-refractivity contribution in [2.45, 2.75) is 44.8 Å². The first kappa shape index (κ1) is 32.0. The van der Waals surface area contributed by atoms with E-state index in [1.807, 2.05) is 0 Å². The summed E-state index contributed by atoms with van der Waals surface area (Å²) in [5.74, 6) is -2.45. The number of fused-ring (bicyclic) bond motifs is 4. The highest BCUT2D eigenvalue weighted by molar-refractivity contribution is 6.31. The molecule has 0 fully saturated rings. The molecular weight excluding hydrogens is 616 g/mol. The number of benzene rings is 2. The lowest BCUT2D eigenvalue weighted by Crippen LogP contribution is -2.38. The normalized spacial score (nSPS) is 19.0. The Morgan fingerprint density at radius 3 is 2.62 bits per heavy atom. The van der Waals surface area contributed by atoms with E-state index in [1.54, 1.807) is 43.5 Å². The van der Waals surface area contributed by atoms with Crippen molar-refractivity contribution >= 4 is 46.5 Å². The van der Waals surface area contributed by atoms with E-state index in [2.05, 4.69) is 20.4 Å². The highest BCUT2D eigenvalue weighted by Crippen LogP contribution is 2.42. The van der Waals surface area contributed by atoms with Crippen molar-refractivity contribution < 1.29 is 36.7 Å². The van der Waals surface area contributed by atoms with E-state index in [1.165, 1.54) is 12.0 Å². The number of hydrogen-bond acceptors (Lipinski definition) is 5. The molecule has 0 radical (unpaired) electrons. The number of pyridine rings is 1. The maximum absolute atomic E-state index is 15.0. The summed E-state index contributed by atoms with van der Waals surface area (Å²) < 4.78 is 61.0. The van der Waals surface area contributed by atoms with Crippen molar-refractivity contribution in [3.8, 4) is 11.1 Å². The third-order valence-corrected chi connectivity index (χ3v) is 8.30. The average Bonchev–Trinajstić information content (AvgIpc) is 3.00. The number of aromatic nitrogens is 1. The van der Waals surface area contributed by atoms with Crippen LogP contribution in [0, 0.1) is 11.7 Å². The number of carbonyl (C=O) groups excluding carboxylic acids is 3. The van der Waals surface area contributed by atoms with Gasteiger partial charge in [0.1, 0.15) is 5.82 Å². The molecule has 2 aliphatic heterocycles. The smallest absolute Gasteiger partial charge is 0.417 e. The topological polar surface area (TPSA) is 101 Å². The molecule has 2 aromatic carbocycles. The van der Waals surface area contributed by atoms with Crippen LogP contribution in [0.4, 0.5) is 33.7 Å². The van der Waals surface area contributed by atoms with Crippen molar-refractivity contribution in [2.24, 2.45) is 5.92 Å². The molecule has 1 aromatic heterocycles. The van der Waals surface area contributed by atoms with Gasteiger partial charge in [0.05, 0.1) is 35.1 Å². The highest BCUT2D eigenvalue weighted by atomic mass is 35.5. The SMILES string of the molecule is COC(=O)Nc1ccc2c(c1)NC(=O)C(C)CCCC(N1CCC(c3c(C(F)(F)F)ccc(Cl)c3F)=CC1=O)c1cc-2ccn1. The predicted molar refractivity (Wildman–Crippen MR) is 161 cm³/mol. The number of nitrogens with zero attached hydrogens (tertiary/aromatic N) is 2. The summed E-state index contributed by atoms with van der Waals surface area (Å²) in [6.07, 6.45) is -1.52. The molecule has 3 heterocycles. The van der Waals surface area contributed by atoms with Gasteiger partial charge in [0.15, 0.2) is 0 Å². The lowest BCUT2D eigenvalue weighted by molar-refractivity contribution is -0.138. The predicted octanol–water partition coefficient (Wildman–Crippen LogP) is 7.85. The molecule has 3 aromatic rings. The Labute approximate surface area is 261 Å². The minimum atomic E-state index is -4.85. The van der Waals surface area contributed by atoms with Gasteiger partial charge < -0.3 is 15.0 Å². The maximum atomic E-state index is 15.0. The molecule has 0 saturated carbocycles. The Kier molecular flexibility index (Phi) is 9.15. The lowest BCUT2D eigenvalue weighted by atomic mass is 9.91. The third-order valence-electron chi connectivity index (χ3n) is 8.01. The molecule has 45 heavy (non-hydrogen) atoms. The van der Waals surface area contributed by atoms with Gasteiger partial charge in [0.25, 0.3) is 0 Å². The van der Waals surface area contributed by atoms with Crippen LogP contribution in [-0.4, -0.2) is 41.4 Å². The molecule has 0 saturated heterocycles. The fraction of sp³-hybridized carbons (Fsp3) is 0.312. The number of halogens is 5. The fourth-order valence-electron chi connectivity index (χ4n) is 5.67. The van der Waals surface area contributed by atoms with Crippen LogP contribution in [0.15, 0.2) is 54.7 Å². The molecule has 2 atom stereocenters. The van der Waals surface area contributed by atoms with Crippen molar-refractivity contribution in [3.63, 3.8) is 0 Å². The molecule has 2 bridgehead atoms. The number of rotatable bonds is 3. The number of alkyl halides is 3. The molecular formula is C32H29ClF4N4O4. The summed E-state index contributed by atoms with van der Waals surface area (Å²) in [5, 5.41) is 5.06. The van der Waals surface area contributed by atoms with E-state index in [9.17, 15) is 31.9 Å². The second-order valence-corrected chi connectivity index (χ2v) is 11.3. The van der Waals surface area contributed by atoms with Crippen molar-refractivity contribution in [2.75, 3.05) is 24.3 Å². The van der Waals surface area contributed by atoms with Gasteiger partial charge >= 0.3 is 12.3 Å². The highest BCUT2D eigenvalue weighted by Gasteiger charge is 2.38. The van der Waals surface area contributed by atoms with Gasteiger partial charge in [-0.15, -0.1) is 0 Å². The zero-order valence-electron chi connectivity index (χ0n) is 24.3. The Balaban J connectivity index is 1.53. The zero-order chi connectivity index (χ0) is 32.5. The molecule has 236 valence electrons. The number of ether oxygens (including phenoxy) is 1. The van der Waals surface area contributed by atoms with Gasteiger partial charge in [-0.05, 0) is 66.8 Å². The van der Waals surface area contributed by atoms with E-state index in [4.69, 9.17) is 11.6 Å². The van der Waals surface area contributed by atoms with E-state index in [0.717, 1.165) is 12.1 Å². The number of carbonyl (C=O) groups is 3. The van der Waals surface area contributed by atoms with Gasteiger partial charge in [-0.1, -0.05) is 31.0 Å². The largest absolute Gasteiger partial charge is 0.453 e. The molecule has 3 amide bonds. The number of nitrogens with one attached hydrogen (secondary N) is 2. The van der Waals surface area contributed by atoms with Crippen LogP contribution in [0.25, 0.3) is 16.7 Å². The molecule has 0 spiro atoms. The summed E-state index contributed by atoms with van der Waals surface area (Å²) in [7, 11) is 1.24. The van der Waals surface area contributed by atoms with E-state index in [0.29, 0.717) is 53.5 Å². The monoisotopic (exact) mass is 644 g/mol. The van der Waals surface area contributed by atoms with Crippen LogP contribution >= 0.6 is 11.6 Å². The Morgan fingerprint density at radius 1 is 1.13 bits per heavy atom. The first-order valence-electron chi connectivity index (χ1n) is 14.2. The summed E-state index contributed by atoms with van der Waals surface area (Å²) in [5.41, 5.74) is 0.693. The molecule has 2 N–H and O–H groups in total. The summed E-state index contributed by atoms with van der Waals surface area (Å²) in [6.45, 7) is 1.79. The number of amides is 3. The molecule has 5 rings (SSSR count). The van der Waals surface area contributed by atoms with Crippen molar-refractivity contribution in [1.82, 2.24) is 9.88 Å². The quantitative estimate of drug-likeness (QED) is 0.283. The molecule has 0 aliphatic carbocycles. The van der Waals surface area contributed by atoms with Gasteiger partial charge in [0.2, 0.25) is 11.8 Å². The fourth-order valence-corrected chi connectivity index (χ4v) is 5.83. The third kappa shape index (κ3) is 6.80. The summed E-state index contributed by atoms with van der Waals surface area (Å²) >= 11 is 5.84. The van der Waals surface area contributed by atoms with E-state index >= 15 is 0 Å². The molecule has 13 heteroatoms. The van der Waals surface area contributed by atoms with Gasteiger partial charge in [-0.2, -0.15) is 13.2 Å². The van der Waals surface area contributed by atoms with Crippen LogP contribution in [0.3, 0.4) is 0 Å². The Morgan fingerprint density at radius 2 is 1.91 bits per heavy atom. The lowest BCUT2D eigenvalue weighted by Gasteiger charge is -2.35. The minimum Gasteiger partial charge on any atom is -0.453 e. The molecule has 2 unspecified atom stereocenters. The van der Waals surface area contributed by atoms with Gasteiger partial charge in [-0.3, -0.25) is 19.9 Å². The molecule has 8 nitrogen and oxygen atoms in total. The maximum Gasteiger partial charge on any atom is 0.417 e. The van der Waals surface area contributed by atoms with Crippen molar-refractivity contribution in [3.05, 3.63) is 82.4 Å². The zero-order valence-corrected chi connectivity index (χ0v) is 25.1. The first-order valence-corrected chi connectivity index (χ1v) is 14.6. The van der Waals surface area contributed by atoms with E-state index < -0.39 is 52.1 Å². The number of anilines is 2. The number of hydrogen-bond donors (Lipinski definition) is 2. The first-order chi connectivity index (χ1) is 21.4. The standard InChI is InChI=1S/C32H29ClF4N4O4/c1-17-4-3-5-26(41-13-11-19(15-27(41)42)28-22(32(35,36)37)8-9-23(33)29(28)34)25-14-18(10-12-38-25)21-7-6-20(39-31(44)45-2)16-24(21)40-30(17)43/h6-10,12,14-17,26H,3-5,11,13H2,1-2H3,(H,39,44)(H,40,43). The van der Waals surface area contributed by atoms with Crippen LogP contribution in [0.1, 0.15) is 55.5 Å². The van der Waals surface area contributed by atoms with Crippen LogP contribution in [-0.2, 0) is 20.5 Å². The van der Waals surface area contributed by atoms with Crippen LogP contribution in [0.5, 0.6) is 0 Å². The van der Waals surface area contributed by atoms with Gasteiger partial charge in [-0.25, -0.2) is 9.18 Å².